The molecule has 5 heteroatoms. The smallest absolute Gasteiger partial charge is 0.253 e. The van der Waals surface area contributed by atoms with Crippen molar-refractivity contribution in [2.75, 3.05) is 27.4 Å². The maximum absolute atomic E-state index is 12.7. The predicted octanol–water partition coefficient (Wildman–Crippen LogP) is 4.15. The molecule has 0 atom stereocenters. The van der Waals surface area contributed by atoms with E-state index in [9.17, 15) is 4.79 Å². The Morgan fingerprint density at radius 2 is 1.68 bits per heavy atom. The van der Waals surface area contributed by atoms with Crippen LogP contribution >= 0.6 is 0 Å². The molecule has 1 amide bonds. The van der Waals surface area contributed by atoms with E-state index in [2.05, 4.69) is 41.1 Å². The summed E-state index contributed by atoms with van der Waals surface area (Å²) in [6.07, 6.45) is 0. The summed E-state index contributed by atoms with van der Waals surface area (Å²) in [6.45, 7) is 4.99. The van der Waals surface area contributed by atoms with Crippen LogP contribution in [0.5, 0.6) is 5.75 Å². The van der Waals surface area contributed by atoms with E-state index in [1.165, 1.54) is 5.56 Å². The van der Waals surface area contributed by atoms with Crippen molar-refractivity contribution in [3.63, 3.8) is 0 Å². The Hall–Kier alpha value is -3.05. The molecular weight excluding hydrogens is 352 g/mol. The number of rotatable bonds is 7. The van der Waals surface area contributed by atoms with Crippen LogP contribution in [0.3, 0.4) is 0 Å². The lowest BCUT2D eigenvalue weighted by Crippen LogP contribution is -2.27. The molecule has 146 valence electrons. The molecule has 28 heavy (non-hydrogen) atoms. The van der Waals surface area contributed by atoms with Gasteiger partial charge in [-0.15, -0.1) is 0 Å². The Morgan fingerprint density at radius 3 is 2.29 bits per heavy atom. The van der Waals surface area contributed by atoms with Crippen molar-refractivity contribution in [1.82, 2.24) is 9.88 Å². The van der Waals surface area contributed by atoms with Gasteiger partial charge in [0, 0.05) is 25.0 Å². The number of aryl methyl sites for hydroxylation is 1. The van der Waals surface area contributed by atoms with Crippen molar-refractivity contribution in [3.8, 4) is 22.7 Å². The highest BCUT2D eigenvalue weighted by molar-refractivity contribution is 5.97. The van der Waals surface area contributed by atoms with Crippen LogP contribution in [0.15, 0.2) is 54.6 Å². The van der Waals surface area contributed by atoms with Gasteiger partial charge in [0.2, 0.25) is 0 Å². The number of carbonyl (C=O) groups excluding carboxylic acids is 1. The third-order valence-electron chi connectivity index (χ3n) is 4.76. The minimum Gasteiger partial charge on any atom is -0.497 e. The summed E-state index contributed by atoms with van der Waals surface area (Å²) in [5, 5.41) is 2.91. The first-order valence-corrected chi connectivity index (χ1v) is 9.26. The third-order valence-corrected chi connectivity index (χ3v) is 4.76. The van der Waals surface area contributed by atoms with Gasteiger partial charge in [0.05, 0.1) is 25.0 Å². The quantitative estimate of drug-likeness (QED) is 0.629. The summed E-state index contributed by atoms with van der Waals surface area (Å²) in [4.78, 5) is 12.7. The maximum atomic E-state index is 12.7. The molecule has 5 nitrogen and oxygen atoms in total. The molecule has 0 fully saturated rings. The van der Waals surface area contributed by atoms with E-state index in [0.29, 0.717) is 18.7 Å². The Balaban J connectivity index is 2.08. The number of nitrogens with zero attached hydrogens (tertiary/aromatic N) is 1. The van der Waals surface area contributed by atoms with Crippen LogP contribution < -0.4 is 10.1 Å². The van der Waals surface area contributed by atoms with Crippen LogP contribution in [-0.2, 0) is 4.74 Å². The van der Waals surface area contributed by atoms with E-state index in [1.807, 2.05) is 37.3 Å². The molecule has 0 spiro atoms. The van der Waals surface area contributed by atoms with Crippen LogP contribution in [0.2, 0.25) is 0 Å². The van der Waals surface area contributed by atoms with Gasteiger partial charge in [0.15, 0.2) is 0 Å². The first kappa shape index (κ1) is 19.7. The number of aromatic nitrogens is 1. The van der Waals surface area contributed by atoms with Gasteiger partial charge in [-0.05, 0) is 61.9 Å². The molecule has 0 aliphatic rings. The fourth-order valence-electron chi connectivity index (χ4n) is 3.20. The fourth-order valence-corrected chi connectivity index (χ4v) is 3.20. The van der Waals surface area contributed by atoms with E-state index >= 15 is 0 Å². The summed E-state index contributed by atoms with van der Waals surface area (Å²) in [5.41, 5.74) is 5.73. The molecule has 1 N–H and O–H groups in total. The molecule has 3 rings (SSSR count). The van der Waals surface area contributed by atoms with Crippen LogP contribution in [0.4, 0.5) is 0 Å². The second kappa shape index (κ2) is 8.76. The summed E-state index contributed by atoms with van der Waals surface area (Å²) < 4.78 is 12.4. The van der Waals surface area contributed by atoms with Gasteiger partial charge in [0.25, 0.3) is 5.91 Å². The van der Waals surface area contributed by atoms with Crippen molar-refractivity contribution in [2.45, 2.75) is 13.8 Å². The van der Waals surface area contributed by atoms with E-state index in [-0.39, 0.29) is 5.91 Å². The number of methoxy groups -OCH3 is 2. The van der Waals surface area contributed by atoms with Crippen molar-refractivity contribution in [2.24, 2.45) is 0 Å². The Morgan fingerprint density at radius 1 is 1.00 bits per heavy atom. The number of nitrogens with one attached hydrogen (secondary N) is 1. The highest BCUT2D eigenvalue weighted by atomic mass is 16.5. The molecule has 0 radical (unpaired) electrons. The first-order valence-electron chi connectivity index (χ1n) is 9.26. The molecule has 0 saturated carbocycles. The van der Waals surface area contributed by atoms with Gasteiger partial charge in [0.1, 0.15) is 5.75 Å². The highest BCUT2D eigenvalue weighted by Gasteiger charge is 2.19. The van der Waals surface area contributed by atoms with Gasteiger partial charge < -0.3 is 19.4 Å². The summed E-state index contributed by atoms with van der Waals surface area (Å²) >= 11 is 0. The summed E-state index contributed by atoms with van der Waals surface area (Å²) in [7, 11) is 3.27. The molecule has 3 aromatic rings. The predicted molar refractivity (Wildman–Crippen MR) is 111 cm³/mol. The van der Waals surface area contributed by atoms with E-state index in [1.54, 1.807) is 14.2 Å². The van der Waals surface area contributed by atoms with Gasteiger partial charge >= 0.3 is 0 Å². The molecule has 1 heterocycles. The van der Waals surface area contributed by atoms with Crippen LogP contribution in [-0.4, -0.2) is 37.8 Å². The molecule has 0 unspecified atom stereocenters. The van der Waals surface area contributed by atoms with E-state index in [0.717, 1.165) is 28.4 Å². The topological polar surface area (TPSA) is 52.5 Å². The number of carbonyl (C=O) groups is 1. The van der Waals surface area contributed by atoms with Crippen LogP contribution in [0, 0.1) is 13.8 Å². The Kier molecular flexibility index (Phi) is 6.16. The van der Waals surface area contributed by atoms with E-state index < -0.39 is 0 Å². The zero-order valence-electron chi connectivity index (χ0n) is 16.8. The zero-order valence-corrected chi connectivity index (χ0v) is 16.8. The number of hydrogen-bond donors (Lipinski definition) is 1. The number of benzene rings is 2. The Bertz CT molecular complexity index is 941. The van der Waals surface area contributed by atoms with E-state index in [4.69, 9.17) is 9.47 Å². The lowest BCUT2D eigenvalue weighted by atomic mass is 10.1. The van der Waals surface area contributed by atoms with Gasteiger partial charge in [-0.25, -0.2) is 0 Å². The average molecular weight is 378 g/mol. The summed E-state index contributed by atoms with van der Waals surface area (Å²) in [6, 6.07) is 18.1. The lowest BCUT2D eigenvalue weighted by Gasteiger charge is -2.13. The lowest BCUT2D eigenvalue weighted by molar-refractivity contribution is 0.0936. The molecular formula is C23H26N2O3. The van der Waals surface area contributed by atoms with Gasteiger partial charge in [-0.3, -0.25) is 4.79 Å². The SMILES string of the molecule is COCCNC(=O)c1cc(-c2ccc(OC)cc2)n(-c2ccc(C)cc2)c1C. The first-order chi connectivity index (χ1) is 13.5. The Labute approximate surface area is 165 Å². The highest BCUT2D eigenvalue weighted by Crippen LogP contribution is 2.30. The fraction of sp³-hybridized carbons (Fsp3) is 0.261. The molecule has 0 aliphatic carbocycles. The maximum Gasteiger partial charge on any atom is 0.253 e. The van der Waals surface area contributed by atoms with Crippen molar-refractivity contribution >= 4 is 5.91 Å². The number of hydrogen-bond acceptors (Lipinski definition) is 3. The monoisotopic (exact) mass is 378 g/mol. The van der Waals surface area contributed by atoms with Crippen LogP contribution in [0.25, 0.3) is 16.9 Å². The van der Waals surface area contributed by atoms with Crippen LogP contribution in [0.1, 0.15) is 21.6 Å². The van der Waals surface area contributed by atoms with Gasteiger partial charge in [-0.2, -0.15) is 0 Å². The zero-order chi connectivity index (χ0) is 20.1. The van der Waals surface area contributed by atoms with Crippen molar-refractivity contribution in [3.05, 3.63) is 71.4 Å². The third kappa shape index (κ3) is 4.10. The standard InChI is InChI=1S/C23H26N2O3/c1-16-5-9-19(10-6-16)25-17(2)21(23(26)24-13-14-27-3)15-22(25)18-7-11-20(28-4)12-8-18/h5-12,15H,13-14H2,1-4H3,(H,24,26). The number of ether oxygens (including phenoxy) is 2. The van der Waals surface area contributed by atoms with Crippen molar-refractivity contribution in [1.29, 1.82) is 0 Å². The molecule has 0 bridgehead atoms. The van der Waals surface area contributed by atoms with Crippen molar-refractivity contribution < 1.29 is 14.3 Å². The minimum absolute atomic E-state index is 0.102. The molecule has 2 aromatic carbocycles. The second-order valence-electron chi connectivity index (χ2n) is 6.68. The molecule has 0 saturated heterocycles. The summed E-state index contributed by atoms with van der Waals surface area (Å²) in [5.74, 6) is 0.696. The minimum atomic E-state index is -0.102. The molecule has 0 aliphatic heterocycles. The largest absolute Gasteiger partial charge is 0.497 e. The molecule has 1 aromatic heterocycles. The number of amides is 1. The average Bonchev–Trinajstić information content (AvgIpc) is 3.06. The van der Waals surface area contributed by atoms with Gasteiger partial charge in [-0.1, -0.05) is 17.7 Å². The normalized spacial score (nSPS) is 10.7. The second-order valence-corrected chi connectivity index (χ2v) is 6.68.